The highest BCUT2D eigenvalue weighted by Crippen LogP contribution is 2.28. The summed E-state index contributed by atoms with van der Waals surface area (Å²) in [5.74, 6) is 0.504. The molecule has 3 heterocycles. The molecule has 27 heavy (non-hydrogen) atoms. The van der Waals surface area contributed by atoms with Gasteiger partial charge in [0, 0.05) is 17.1 Å². The maximum absolute atomic E-state index is 13.2. The highest BCUT2D eigenvalue weighted by molar-refractivity contribution is 7.09. The van der Waals surface area contributed by atoms with Gasteiger partial charge in [-0.15, -0.1) is 11.3 Å². The van der Waals surface area contributed by atoms with Crippen LogP contribution < -0.4 is 10.5 Å². The van der Waals surface area contributed by atoms with Gasteiger partial charge in [-0.25, -0.2) is 19.3 Å². The van der Waals surface area contributed by atoms with Gasteiger partial charge in [-0.3, -0.25) is 0 Å². The number of halogens is 1. The van der Waals surface area contributed by atoms with Gasteiger partial charge in [0.25, 0.3) is 0 Å². The Kier molecular flexibility index (Phi) is 4.74. The zero-order chi connectivity index (χ0) is 18.8. The lowest BCUT2D eigenvalue weighted by Gasteiger charge is -2.12. The Bertz CT molecular complexity index is 1070. The fourth-order valence-electron chi connectivity index (χ4n) is 2.66. The summed E-state index contributed by atoms with van der Waals surface area (Å²) in [5.41, 5.74) is 8.91. The molecule has 0 bridgehead atoms. The van der Waals surface area contributed by atoms with E-state index in [2.05, 4.69) is 19.9 Å². The van der Waals surface area contributed by atoms with Gasteiger partial charge in [0.2, 0.25) is 5.88 Å². The van der Waals surface area contributed by atoms with Gasteiger partial charge in [-0.2, -0.15) is 4.98 Å². The van der Waals surface area contributed by atoms with Crippen molar-refractivity contribution in [1.29, 1.82) is 0 Å². The van der Waals surface area contributed by atoms with Crippen LogP contribution in [-0.4, -0.2) is 26.5 Å². The molecule has 6 nitrogen and oxygen atoms in total. The van der Waals surface area contributed by atoms with E-state index in [1.165, 1.54) is 23.5 Å². The Morgan fingerprint density at radius 1 is 1.11 bits per heavy atom. The van der Waals surface area contributed by atoms with E-state index < -0.39 is 6.04 Å². The molecule has 0 aliphatic heterocycles. The van der Waals surface area contributed by atoms with E-state index in [0.717, 1.165) is 10.6 Å². The molecule has 0 amide bonds. The Balaban J connectivity index is 1.82. The van der Waals surface area contributed by atoms with Crippen LogP contribution in [0.3, 0.4) is 0 Å². The third-order valence-corrected chi connectivity index (χ3v) is 4.80. The smallest absolute Gasteiger partial charge is 0.244 e. The Morgan fingerprint density at radius 3 is 2.63 bits per heavy atom. The van der Waals surface area contributed by atoms with Gasteiger partial charge in [-0.1, -0.05) is 0 Å². The predicted molar refractivity (Wildman–Crippen MR) is 102 cm³/mol. The van der Waals surface area contributed by atoms with Gasteiger partial charge in [0.15, 0.2) is 11.3 Å². The molecule has 2 N–H and O–H groups in total. The van der Waals surface area contributed by atoms with Crippen LogP contribution in [0.1, 0.15) is 23.8 Å². The number of fused-ring (bicyclic) bond motifs is 1. The summed E-state index contributed by atoms with van der Waals surface area (Å²) in [5, 5.41) is 2.59. The van der Waals surface area contributed by atoms with Crippen molar-refractivity contribution >= 4 is 22.4 Å². The first kappa shape index (κ1) is 17.4. The van der Waals surface area contributed by atoms with Crippen LogP contribution >= 0.6 is 11.3 Å². The van der Waals surface area contributed by atoms with E-state index in [1.54, 1.807) is 18.3 Å². The molecule has 0 saturated heterocycles. The average molecular weight is 381 g/mol. The van der Waals surface area contributed by atoms with Gasteiger partial charge >= 0.3 is 0 Å². The monoisotopic (exact) mass is 381 g/mol. The van der Waals surface area contributed by atoms with E-state index in [0.29, 0.717) is 35.0 Å². The summed E-state index contributed by atoms with van der Waals surface area (Å²) in [6.07, 6.45) is 1.70. The molecule has 0 aliphatic carbocycles. The molecule has 4 rings (SSSR count). The second-order valence-electron chi connectivity index (χ2n) is 5.74. The molecule has 0 fully saturated rings. The molecule has 3 aromatic heterocycles. The highest BCUT2D eigenvalue weighted by Gasteiger charge is 2.19. The second-order valence-corrected chi connectivity index (χ2v) is 6.67. The molecule has 0 aliphatic rings. The first-order valence-corrected chi connectivity index (χ1v) is 9.26. The third-order valence-electron chi connectivity index (χ3n) is 3.94. The molecule has 0 saturated carbocycles. The van der Waals surface area contributed by atoms with Crippen LogP contribution in [0.5, 0.6) is 5.88 Å². The molecular formula is C19H16FN5OS. The van der Waals surface area contributed by atoms with Gasteiger partial charge in [-0.05, 0) is 43.3 Å². The van der Waals surface area contributed by atoms with Gasteiger partial charge < -0.3 is 10.5 Å². The van der Waals surface area contributed by atoms with Crippen molar-refractivity contribution in [1.82, 2.24) is 19.9 Å². The van der Waals surface area contributed by atoms with Crippen LogP contribution in [0.4, 0.5) is 4.39 Å². The second kappa shape index (κ2) is 7.34. The van der Waals surface area contributed by atoms with E-state index in [-0.39, 0.29) is 5.82 Å². The fourth-order valence-corrected chi connectivity index (χ4v) is 3.30. The number of pyridine rings is 1. The van der Waals surface area contributed by atoms with Crippen LogP contribution in [0.15, 0.2) is 48.0 Å². The van der Waals surface area contributed by atoms with Gasteiger partial charge in [0.05, 0.1) is 17.8 Å². The van der Waals surface area contributed by atoms with E-state index in [1.807, 2.05) is 24.4 Å². The molecule has 8 heteroatoms. The summed E-state index contributed by atoms with van der Waals surface area (Å²) >= 11 is 1.45. The minimum Gasteiger partial charge on any atom is -0.476 e. The number of aromatic nitrogens is 4. The number of nitrogens with zero attached hydrogens (tertiary/aromatic N) is 4. The van der Waals surface area contributed by atoms with Crippen molar-refractivity contribution in [3.8, 4) is 17.1 Å². The van der Waals surface area contributed by atoms with Crippen LogP contribution in [0.25, 0.3) is 22.3 Å². The lowest BCUT2D eigenvalue weighted by atomic mass is 10.1. The SMILES string of the molecule is CCOc1nc(C(N)c2nccs2)nc2ccc(-c3ccc(F)cc3)nc12. The quantitative estimate of drug-likeness (QED) is 0.567. The van der Waals surface area contributed by atoms with E-state index in [4.69, 9.17) is 10.5 Å². The zero-order valence-electron chi connectivity index (χ0n) is 14.5. The molecule has 136 valence electrons. The summed E-state index contributed by atoms with van der Waals surface area (Å²) < 4.78 is 18.9. The fraction of sp³-hybridized carbons (Fsp3) is 0.158. The zero-order valence-corrected chi connectivity index (χ0v) is 15.3. The third kappa shape index (κ3) is 3.49. The Morgan fingerprint density at radius 2 is 1.93 bits per heavy atom. The van der Waals surface area contributed by atoms with Crippen LogP contribution in [0, 0.1) is 5.82 Å². The maximum Gasteiger partial charge on any atom is 0.244 e. The van der Waals surface area contributed by atoms with Crippen molar-refractivity contribution < 1.29 is 9.13 Å². The van der Waals surface area contributed by atoms with Crippen molar-refractivity contribution in [2.24, 2.45) is 5.73 Å². The van der Waals surface area contributed by atoms with Crippen LogP contribution in [0.2, 0.25) is 0 Å². The minimum absolute atomic E-state index is 0.293. The number of nitrogens with two attached hydrogens (primary N) is 1. The topological polar surface area (TPSA) is 86.8 Å². The summed E-state index contributed by atoms with van der Waals surface area (Å²) in [7, 11) is 0. The Hall–Kier alpha value is -2.97. The average Bonchev–Trinajstić information content (AvgIpc) is 3.22. The molecule has 4 aromatic rings. The van der Waals surface area contributed by atoms with E-state index >= 15 is 0 Å². The van der Waals surface area contributed by atoms with Gasteiger partial charge in [0.1, 0.15) is 16.9 Å². The van der Waals surface area contributed by atoms with E-state index in [9.17, 15) is 4.39 Å². The molecule has 1 atom stereocenters. The van der Waals surface area contributed by atoms with Crippen molar-refractivity contribution in [2.75, 3.05) is 6.61 Å². The van der Waals surface area contributed by atoms with Crippen molar-refractivity contribution in [3.63, 3.8) is 0 Å². The number of benzene rings is 1. The van der Waals surface area contributed by atoms with Crippen LogP contribution in [-0.2, 0) is 0 Å². The number of thiazole rings is 1. The lowest BCUT2D eigenvalue weighted by molar-refractivity contribution is 0.328. The molecular weight excluding hydrogens is 365 g/mol. The normalized spacial score (nSPS) is 12.3. The summed E-state index contributed by atoms with van der Waals surface area (Å²) in [4.78, 5) is 17.9. The standard InChI is InChI=1S/C19H16FN5OS/c1-2-26-18-16-14(24-17(25-18)15(21)19-22-9-10-27-19)8-7-13(23-16)11-3-5-12(20)6-4-11/h3-10,15H,2,21H2,1H3. The number of hydrogen-bond acceptors (Lipinski definition) is 7. The summed E-state index contributed by atoms with van der Waals surface area (Å²) in [6, 6.07) is 9.29. The highest BCUT2D eigenvalue weighted by atomic mass is 32.1. The lowest BCUT2D eigenvalue weighted by Crippen LogP contribution is -2.16. The molecule has 1 unspecified atom stereocenters. The first-order chi connectivity index (χ1) is 13.2. The first-order valence-electron chi connectivity index (χ1n) is 8.38. The number of rotatable bonds is 5. The molecule has 0 spiro atoms. The van der Waals surface area contributed by atoms with Crippen molar-refractivity contribution in [2.45, 2.75) is 13.0 Å². The summed E-state index contributed by atoms with van der Waals surface area (Å²) in [6.45, 7) is 2.30. The minimum atomic E-state index is -0.537. The number of hydrogen-bond donors (Lipinski definition) is 1. The number of ether oxygens (including phenoxy) is 1. The molecule has 0 radical (unpaired) electrons. The molecule has 1 aromatic carbocycles. The largest absolute Gasteiger partial charge is 0.476 e. The van der Waals surface area contributed by atoms with Crippen molar-refractivity contribution in [3.05, 3.63) is 64.6 Å². The Labute approximate surface area is 158 Å². The predicted octanol–water partition coefficient (Wildman–Crippen LogP) is 3.73. The maximum atomic E-state index is 13.2.